The number of nitrogens with one attached hydrogen (secondary N) is 2. The maximum Gasteiger partial charge on any atom is 0.137 e. The molecule has 0 atom stereocenters. The van der Waals surface area contributed by atoms with Gasteiger partial charge in [-0.05, 0) is 24.6 Å². The van der Waals surface area contributed by atoms with Gasteiger partial charge >= 0.3 is 0 Å². The van der Waals surface area contributed by atoms with E-state index in [1.54, 1.807) is 6.20 Å². The van der Waals surface area contributed by atoms with Crippen molar-refractivity contribution in [3.05, 3.63) is 36.4 Å². The molecule has 0 aliphatic heterocycles. The van der Waals surface area contributed by atoms with Crippen molar-refractivity contribution < 1.29 is 0 Å². The van der Waals surface area contributed by atoms with Crippen LogP contribution in [-0.2, 0) is 6.42 Å². The zero-order valence-corrected chi connectivity index (χ0v) is 9.70. The van der Waals surface area contributed by atoms with Crippen molar-refractivity contribution in [2.75, 3.05) is 0 Å². The van der Waals surface area contributed by atoms with Gasteiger partial charge in [0.25, 0.3) is 0 Å². The van der Waals surface area contributed by atoms with Gasteiger partial charge in [-0.1, -0.05) is 6.92 Å². The Morgan fingerprint density at radius 3 is 3.00 bits per heavy atom. The van der Waals surface area contributed by atoms with Crippen molar-refractivity contribution in [1.82, 2.24) is 19.9 Å². The summed E-state index contributed by atoms with van der Waals surface area (Å²) in [6.07, 6.45) is 5.68. The third-order valence-corrected chi connectivity index (χ3v) is 2.79. The molecule has 2 aromatic heterocycles. The second-order valence-corrected chi connectivity index (χ2v) is 4.10. The first-order chi connectivity index (χ1) is 8.36. The standard InChI is InChI=1S/C13H14N4/c1-2-3-12-16-10-5-4-9(8-11(10)17-12)13-14-6-7-15-13/h4-8H,2-3H2,1H3,(H,14,15)(H,16,17). The van der Waals surface area contributed by atoms with E-state index in [1.165, 1.54) is 0 Å². The summed E-state index contributed by atoms with van der Waals surface area (Å²) in [6.45, 7) is 2.15. The molecule has 2 N–H and O–H groups in total. The van der Waals surface area contributed by atoms with Gasteiger partial charge < -0.3 is 9.97 Å². The van der Waals surface area contributed by atoms with E-state index in [9.17, 15) is 0 Å². The number of imidazole rings is 2. The summed E-state index contributed by atoms with van der Waals surface area (Å²) in [5.74, 6) is 1.94. The number of nitrogens with zero attached hydrogens (tertiary/aromatic N) is 2. The zero-order chi connectivity index (χ0) is 11.7. The third-order valence-electron chi connectivity index (χ3n) is 2.79. The first kappa shape index (κ1) is 10.1. The van der Waals surface area contributed by atoms with E-state index in [2.05, 4.69) is 32.9 Å². The largest absolute Gasteiger partial charge is 0.345 e. The maximum atomic E-state index is 4.54. The van der Waals surface area contributed by atoms with Crippen molar-refractivity contribution in [2.45, 2.75) is 19.8 Å². The summed E-state index contributed by atoms with van der Waals surface area (Å²) in [7, 11) is 0. The van der Waals surface area contributed by atoms with Crippen molar-refractivity contribution in [3.8, 4) is 11.4 Å². The first-order valence-electron chi connectivity index (χ1n) is 5.85. The van der Waals surface area contributed by atoms with Crippen LogP contribution in [0.4, 0.5) is 0 Å². The zero-order valence-electron chi connectivity index (χ0n) is 9.70. The highest BCUT2D eigenvalue weighted by atomic mass is 14.9. The van der Waals surface area contributed by atoms with Crippen molar-refractivity contribution in [1.29, 1.82) is 0 Å². The normalized spacial score (nSPS) is 11.1. The van der Waals surface area contributed by atoms with Crippen LogP contribution in [0, 0.1) is 0 Å². The fraction of sp³-hybridized carbons (Fsp3) is 0.231. The number of hydrogen-bond acceptors (Lipinski definition) is 2. The first-order valence-corrected chi connectivity index (χ1v) is 5.85. The van der Waals surface area contributed by atoms with Crippen molar-refractivity contribution in [3.63, 3.8) is 0 Å². The smallest absolute Gasteiger partial charge is 0.137 e. The van der Waals surface area contributed by atoms with Crippen LogP contribution < -0.4 is 0 Å². The van der Waals surface area contributed by atoms with Crippen molar-refractivity contribution >= 4 is 11.0 Å². The van der Waals surface area contributed by atoms with E-state index < -0.39 is 0 Å². The molecule has 3 rings (SSSR count). The summed E-state index contributed by atoms with van der Waals surface area (Å²) in [4.78, 5) is 15.2. The number of aromatic nitrogens is 4. The summed E-state index contributed by atoms with van der Waals surface area (Å²) >= 11 is 0. The SMILES string of the molecule is CCCc1nc2ccc(-c3ncc[nH]3)cc2[nH]1. The molecule has 3 aromatic rings. The fourth-order valence-corrected chi connectivity index (χ4v) is 1.99. The molecular weight excluding hydrogens is 212 g/mol. The summed E-state index contributed by atoms with van der Waals surface area (Å²) < 4.78 is 0. The minimum atomic E-state index is 0.888. The highest BCUT2D eigenvalue weighted by molar-refractivity contribution is 5.80. The van der Waals surface area contributed by atoms with Crippen LogP contribution in [0.5, 0.6) is 0 Å². The van der Waals surface area contributed by atoms with E-state index in [-0.39, 0.29) is 0 Å². The van der Waals surface area contributed by atoms with E-state index in [0.29, 0.717) is 0 Å². The highest BCUT2D eigenvalue weighted by Gasteiger charge is 2.05. The van der Waals surface area contributed by atoms with E-state index in [1.807, 2.05) is 18.3 Å². The Hall–Kier alpha value is -2.10. The van der Waals surface area contributed by atoms with E-state index in [4.69, 9.17) is 0 Å². The lowest BCUT2D eigenvalue weighted by atomic mass is 10.2. The predicted octanol–water partition coefficient (Wildman–Crippen LogP) is 2.91. The van der Waals surface area contributed by atoms with Crippen LogP contribution in [0.25, 0.3) is 22.4 Å². The molecule has 0 bridgehead atoms. The lowest BCUT2D eigenvalue weighted by molar-refractivity contribution is 0.861. The molecule has 0 amide bonds. The number of fused-ring (bicyclic) bond motifs is 1. The summed E-state index contributed by atoms with van der Waals surface area (Å²) in [5, 5.41) is 0. The van der Waals surface area contributed by atoms with Gasteiger partial charge in [-0.15, -0.1) is 0 Å². The fourth-order valence-electron chi connectivity index (χ4n) is 1.99. The van der Waals surface area contributed by atoms with Crippen LogP contribution in [0.3, 0.4) is 0 Å². The third kappa shape index (κ3) is 1.82. The highest BCUT2D eigenvalue weighted by Crippen LogP contribution is 2.20. The molecule has 0 spiro atoms. The van der Waals surface area contributed by atoms with Crippen LogP contribution in [-0.4, -0.2) is 19.9 Å². The second-order valence-electron chi connectivity index (χ2n) is 4.10. The molecule has 17 heavy (non-hydrogen) atoms. The molecule has 86 valence electrons. The van der Waals surface area contributed by atoms with E-state index in [0.717, 1.165) is 41.1 Å². The van der Waals surface area contributed by atoms with Crippen LogP contribution in [0.1, 0.15) is 19.2 Å². The molecule has 4 heteroatoms. The Labute approximate surface area is 99.1 Å². The minimum absolute atomic E-state index is 0.888. The van der Waals surface area contributed by atoms with Crippen LogP contribution in [0.2, 0.25) is 0 Å². The molecule has 4 nitrogen and oxygen atoms in total. The molecule has 1 aromatic carbocycles. The molecule has 0 aliphatic carbocycles. The average molecular weight is 226 g/mol. The van der Waals surface area contributed by atoms with E-state index >= 15 is 0 Å². The quantitative estimate of drug-likeness (QED) is 0.721. The predicted molar refractivity (Wildman–Crippen MR) is 67.7 cm³/mol. The number of benzene rings is 1. The van der Waals surface area contributed by atoms with Gasteiger partial charge in [-0.25, -0.2) is 9.97 Å². The van der Waals surface area contributed by atoms with Gasteiger partial charge in [0.15, 0.2) is 0 Å². The number of hydrogen-bond donors (Lipinski definition) is 2. The number of H-pyrrole nitrogens is 2. The summed E-state index contributed by atoms with van der Waals surface area (Å²) in [6, 6.07) is 6.15. The minimum Gasteiger partial charge on any atom is -0.345 e. The molecular formula is C13H14N4. The van der Waals surface area contributed by atoms with Gasteiger partial charge in [0.2, 0.25) is 0 Å². The Morgan fingerprint density at radius 2 is 2.24 bits per heavy atom. The number of aromatic amines is 2. The molecule has 0 unspecified atom stereocenters. The van der Waals surface area contributed by atoms with Crippen molar-refractivity contribution in [2.24, 2.45) is 0 Å². The van der Waals surface area contributed by atoms with Crippen LogP contribution in [0.15, 0.2) is 30.6 Å². The van der Waals surface area contributed by atoms with Crippen LogP contribution >= 0.6 is 0 Å². The maximum absolute atomic E-state index is 4.54. The molecule has 0 saturated carbocycles. The molecule has 2 heterocycles. The van der Waals surface area contributed by atoms with Gasteiger partial charge in [-0.3, -0.25) is 0 Å². The Kier molecular flexibility index (Phi) is 2.40. The Balaban J connectivity index is 2.06. The second kappa shape index (κ2) is 4.05. The van der Waals surface area contributed by atoms with Gasteiger partial charge in [0.1, 0.15) is 11.6 Å². The molecule has 0 fully saturated rings. The molecule has 0 saturated heterocycles. The number of rotatable bonds is 3. The molecule has 0 radical (unpaired) electrons. The van der Waals surface area contributed by atoms with Gasteiger partial charge in [0, 0.05) is 24.4 Å². The number of aryl methyl sites for hydroxylation is 1. The average Bonchev–Trinajstić information content (AvgIpc) is 2.96. The lowest BCUT2D eigenvalue weighted by Gasteiger charge is -1.95. The van der Waals surface area contributed by atoms with Gasteiger partial charge in [0.05, 0.1) is 11.0 Å². The molecule has 0 aliphatic rings. The Morgan fingerprint density at radius 1 is 1.29 bits per heavy atom. The topological polar surface area (TPSA) is 57.4 Å². The summed E-state index contributed by atoms with van der Waals surface area (Å²) in [5.41, 5.74) is 3.17. The monoisotopic (exact) mass is 226 g/mol. The Bertz CT molecular complexity index is 622. The van der Waals surface area contributed by atoms with Gasteiger partial charge in [-0.2, -0.15) is 0 Å². The lowest BCUT2D eigenvalue weighted by Crippen LogP contribution is -1.83.